The van der Waals surface area contributed by atoms with Gasteiger partial charge in [-0.3, -0.25) is 0 Å². The molecular formula is C6H5N3O. The zero-order valence-corrected chi connectivity index (χ0v) is 5.15. The van der Waals surface area contributed by atoms with Crippen LogP contribution in [-0.2, 0) is 6.61 Å². The Kier molecular flexibility index (Phi) is 1.92. The molecule has 10 heavy (non-hydrogen) atoms. The van der Waals surface area contributed by atoms with Crippen LogP contribution in [0.4, 0.5) is 0 Å². The molecule has 1 N–H and O–H groups in total. The summed E-state index contributed by atoms with van der Waals surface area (Å²) in [6.07, 6.45) is 2.75. The van der Waals surface area contributed by atoms with Gasteiger partial charge in [-0.1, -0.05) is 0 Å². The van der Waals surface area contributed by atoms with Gasteiger partial charge >= 0.3 is 0 Å². The average Bonchev–Trinajstić information content (AvgIpc) is 2.05. The fraction of sp³-hybridized carbons (Fsp3) is 0.167. The van der Waals surface area contributed by atoms with Gasteiger partial charge in [0.2, 0.25) is 0 Å². The zero-order valence-electron chi connectivity index (χ0n) is 5.15. The minimum atomic E-state index is -0.189. The summed E-state index contributed by atoms with van der Waals surface area (Å²) < 4.78 is 0. The summed E-state index contributed by atoms with van der Waals surface area (Å²) in [5, 5.41) is 16.8. The first-order chi connectivity index (χ1) is 4.86. The second kappa shape index (κ2) is 2.90. The van der Waals surface area contributed by atoms with Crippen molar-refractivity contribution in [1.29, 1.82) is 5.26 Å². The first kappa shape index (κ1) is 6.65. The van der Waals surface area contributed by atoms with Gasteiger partial charge < -0.3 is 5.11 Å². The van der Waals surface area contributed by atoms with Crippen LogP contribution >= 0.6 is 0 Å². The highest BCUT2D eigenvalue weighted by atomic mass is 16.3. The van der Waals surface area contributed by atoms with Gasteiger partial charge in [-0.25, -0.2) is 9.97 Å². The lowest BCUT2D eigenvalue weighted by Crippen LogP contribution is -1.93. The number of hydrogen-bond acceptors (Lipinski definition) is 4. The zero-order chi connectivity index (χ0) is 7.40. The number of aliphatic hydroxyl groups is 1. The Hall–Kier alpha value is -1.47. The summed E-state index contributed by atoms with van der Waals surface area (Å²) in [6, 6.07) is 1.87. The van der Waals surface area contributed by atoms with E-state index in [9.17, 15) is 0 Å². The molecule has 1 aromatic heterocycles. The smallest absolute Gasteiger partial charge is 0.153 e. The van der Waals surface area contributed by atoms with Crippen LogP contribution in [0.3, 0.4) is 0 Å². The van der Waals surface area contributed by atoms with Gasteiger partial charge in [0.1, 0.15) is 12.7 Å². The molecule has 0 bridgehead atoms. The van der Waals surface area contributed by atoms with E-state index < -0.39 is 0 Å². The molecular weight excluding hydrogens is 130 g/mol. The molecule has 4 nitrogen and oxygen atoms in total. The minimum Gasteiger partial charge on any atom is -0.388 e. The van der Waals surface area contributed by atoms with Gasteiger partial charge in [0.25, 0.3) is 0 Å². The molecule has 0 saturated heterocycles. The number of aliphatic hydroxyl groups excluding tert-OH is 1. The maximum atomic E-state index is 8.49. The summed E-state index contributed by atoms with van der Waals surface area (Å²) in [5.74, 6) is 0.332. The lowest BCUT2D eigenvalue weighted by atomic mass is 10.4. The first-order valence-corrected chi connectivity index (χ1v) is 2.68. The van der Waals surface area contributed by atoms with Crippen molar-refractivity contribution >= 4 is 0 Å². The molecule has 4 heteroatoms. The van der Waals surface area contributed by atoms with Crippen LogP contribution < -0.4 is 0 Å². The average molecular weight is 135 g/mol. The molecule has 0 atom stereocenters. The van der Waals surface area contributed by atoms with Gasteiger partial charge in [-0.2, -0.15) is 5.26 Å². The van der Waals surface area contributed by atoms with Crippen molar-refractivity contribution in [3.05, 3.63) is 23.8 Å². The molecule has 1 heterocycles. The second-order valence-electron chi connectivity index (χ2n) is 1.66. The largest absolute Gasteiger partial charge is 0.388 e. The minimum absolute atomic E-state index is 0.189. The van der Waals surface area contributed by atoms with Gasteiger partial charge in [0, 0.05) is 12.4 Å². The molecule has 0 aromatic carbocycles. The Bertz CT molecular complexity index is 249. The van der Waals surface area contributed by atoms with Crippen LogP contribution in [0.1, 0.15) is 11.4 Å². The van der Waals surface area contributed by atoms with Gasteiger partial charge in [-0.15, -0.1) is 0 Å². The van der Waals surface area contributed by atoms with E-state index in [-0.39, 0.29) is 6.61 Å². The quantitative estimate of drug-likeness (QED) is 0.580. The van der Waals surface area contributed by atoms with Crippen molar-refractivity contribution in [3.63, 3.8) is 0 Å². The Morgan fingerprint density at radius 3 is 2.50 bits per heavy atom. The SMILES string of the molecule is N#Cc1cnc(CO)nc1. The van der Waals surface area contributed by atoms with Crippen molar-refractivity contribution in [2.24, 2.45) is 0 Å². The summed E-state index contributed by atoms with van der Waals surface area (Å²) in [7, 11) is 0. The van der Waals surface area contributed by atoms with E-state index in [1.54, 1.807) is 0 Å². The van der Waals surface area contributed by atoms with Crippen LogP contribution in [0.2, 0.25) is 0 Å². The molecule has 0 saturated carbocycles. The van der Waals surface area contributed by atoms with E-state index in [2.05, 4.69) is 9.97 Å². The van der Waals surface area contributed by atoms with Crippen LogP contribution in [0.15, 0.2) is 12.4 Å². The fourth-order valence-corrected chi connectivity index (χ4v) is 0.494. The van der Waals surface area contributed by atoms with E-state index in [0.717, 1.165) is 0 Å². The highest BCUT2D eigenvalue weighted by molar-refractivity contribution is 5.21. The Morgan fingerprint density at radius 2 is 2.10 bits per heavy atom. The van der Waals surface area contributed by atoms with Crippen molar-refractivity contribution in [1.82, 2.24) is 9.97 Å². The summed E-state index contributed by atoms with van der Waals surface area (Å²) in [6.45, 7) is -0.189. The van der Waals surface area contributed by atoms with E-state index >= 15 is 0 Å². The predicted molar refractivity (Wildman–Crippen MR) is 32.7 cm³/mol. The Balaban J connectivity index is 2.93. The van der Waals surface area contributed by atoms with E-state index in [4.69, 9.17) is 10.4 Å². The molecule has 0 aliphatic carbocycles. The molecule has 0 radical (unpaired) electrons. The normalized spacial score (nSPS) is 8.80. The molecule has 0 aliphatic heterocycles. The summed E-state index contributed by atoms with van der Waals surface area (Å²) in [4.78, 5) is 7.37. The fourth-order valence-electron chi connectivity index (χ4n) is 0.494. The molecule has 0 aliphatic rings. The van der Waals surface area contributed by atoms with E-state index in [1.165, 1.54) is 12.4 Å². The van der Waals surface area contributed by atoms with Gasteiger partial charge in [-0.05, 0) is 0 Å². The lowest BCUT2D eigenvalue weighted by Gasteiger charge is -1.90. The van der Waals surface area contributed by atoms with Crippen LogP contribution in [0.5, 0.6) is 0 Å². The molecule has 0 amide bonds. The van der Waals surface area contributed by atoms with Crippen LogP contribution in [0, 0.1) is 11.3 Å². The molecule has 50 valence electrons. The number of nitrogens with zero attached hydrogens (tertiary/aromatic N) is 3. The van der Waals surface area contributed by atoms with Gasteiger partial charge in [0.15, 0.2) is 5.82 Å². The van der Waals surface area contributed by atoms with Crippen LogP contribution in [-0.4, -0.2) is 15.1 Å². The molecule has 0 unspecified atom stereocenters. The Labute approximate surface area is 57.8 Å². The highest BCUT2D eigenvalue weighted by Gasteiger charge is 1.92. The summed E-state index contributed by atoms with van der Waals surface area (Å²) in [5.41, 5.74) is 0.400. The molecule has 0 spiro atoms. The monoisotopic (exact) mass is 135 g/mol. The maximum Gasteiger partial charge on any atom is 0.153 e. The summed E-state index contributed by atoms with van der Waals surface area (Å²) >= 11 is 0. The Morgan fingerprint density at radius 1 is 1.50 bits per heavy atom. The first-order valence-electron chi connectivity index (χ1n) is 2.68. The topological polar surface area (TPSA) is 69.8 Å². The van der Waals surface area contributed by atoms with E-state index in [0.29, 0.717) is 11.4 Å². The third kappa shape index (κ3) is 1.27. The van der Waals surface area contributed by atoms with Crippen molar-refractivity contribution in [2.75, 3.05) is 0 Å². The van der Waals surface area contributed by atoms with Crippen LogP contribution in [0.25, 0.3) is 0 Å². The van der Waals surface area contributed by atoms with Gasteiger partial charge in [0.05, 0.1) is 5.56 Å². The predicted octanol–water partition coefficient (Wildman–Crippen LogP) is -0.159. The lowest BCUT2D eigenvalue weighted by molar-refractivity contribution is 0.271. The number of rotatable bonds is 1. The third-order valence-corrected chi connectivity index (χ3v) is 0.976. The number of nitriles is 1. The molecule has 0 fully saturated rings. The highest BCUT2D eigenvalue weighted by Crippen LogP contribution is 1.92. The van der Waals surface area contributed by atoms with E-state index in [1.807, 2.05) is 6.07 Å². The molecule has 1 rings (SSSR count). The standard InChI is InChI=1S/C6H5N3O/c7-1-5-2-8-6(4-10)9-3-5/h2-3,10H,4H2. The second-order valence-corrected chi connectivity index (χ2v) is 1.66. The number of hydrogen-bond donors (Lipinski definition) is 1. The molecule has 1 aromatic rings. The van der Waals surface area contributed by atoms with Crippen molar-refractivity contribution in [2.45, 2.75) is 6.61 Å². The maximum absolute atomic E-state index is 8.49. The number of aromatic nitrogens is 2. The van der Waals surface area contributed by atoms with Crippen molar-refractivity contribution in [3.8, 4) is 6.07 Å². The van der Waals surface area contributed by atoms with Crippen molar-refractivity contribution < 1.29 is 5.11 Å². The third-order valence-electron chi connectivity index (χ3n) is 0.976.